The molecule has 1 aromatic heterocycles. The Morgan fingerprint density at radius 1 is 1.18 bits per heavy atom. The van der Waals surface area contributed by atoms with Gasteiger partial charge in [-0.2, -0.15) is 4.57 Å². The van der Waals surface area contributed by atoms with Crippen molar-refractivity contribution >= 4 is 23.8 Å². The smallest absolute Gasteiger partial charge is 0.316 e. The van der Waals surface area contributed by atoms with Gasteiger partial charge < -0.3 is 4.74 Å². The standard InChI is InChI=1S/C18H20NO2S/c1-2-21-18(20)15-22-17-12-6-7-13-19(17)14-8-11-16-9-4-3-5-10-16/h3-13H,2,14-15H2,1H3/q+1. The lowest BCUT2D eigenvalue weighted by Gasteiger charge is -2.02. The predicted octanol–water partition coefficient (Wildman–Crippen LogP) is 3.34. The van der Waals surface area contributed by atoms with E-state index in [9.17, 15) is 4.79 Å². The molecule has 0 unspecified atom stereocenters. The van der Waals surface area contributed by atoms with E-state index in [1.54, 1.807) is 0 Å². The van der Waals surface area contributed by atoms with Crippen molar-refractivity contribution in [3.05, 3.63) is 66.4 Å². The fraction of sp³-hybridized carbons (Fsp3) is 0.222. The molecule has 0 N–H and O–H groups in total. The zero-order valence-corrected chi connectivity index (χ0v) is 13.5. The SMILES string of the molecule is CCOC(=O)CSc1cccc[n+]1CC=Cc1ccccc1. The maximum Gasteiger partial charge on any atom is 0.316 e. The molecule has 0 aliphatic heterocycles. The first-order valence-electron chi connectivity index (χ1n) is 7.28. The van der Waals surface area contributed by atoms with Crippen LogP contribution in [0.1, 0.15) is 12.5 Å². The molecule has 2 rings (SSSR count). The molecule has 0 bridgehead atoms. The lowest BCUT2D eigenvalue weighted by atomic mass is 10.2. The summed E-state index contributed by atoms with van der Waals surface area (Å²) in [6, 6.07) is 16.2. The fourth-order valence-electron chi connectivity index (χ4n) is 1.94. The van der Waals surface area contributed by atoms with Crippen LogP contribution in [-0.4, -0.2) is 18.3 Å². The van der Waals surface area contributed by atoms with Gasteiger partial charge in [-0.15, -0.1) is 0 Å². The minimum atomic E-state index is -0.178. The molecule has 0 aliphatic rings. The minimum absolute atomic E-state index is 0.178. The van der Waals surface area contributed by atoms with Crippen molar-refractivity contribution < 1.29 is 14.1 Å². The van der Waals surface area contributed by atoms with Crippen molar-refractivity contribution in [2.75, 3.05) is 12.4 Å². The van der Waals surface area contributed by atoms with Crippen LogP contribution >= 0.6 is 11.8 Å². The van der Waals surface area contributed by atoms with Gasteiger partial charge in [0.1, 0.15) is 5.75 Å². The Morgan fingerprint density at radius 2 is 1.95 bits per heavy atom. The molecule has 0 aliphatic carbocycles. The van der Waals surface area contributed by atoms with E-state index >= 15 is 0 Å². The van der Waals surface area contributed by atoms with Crippen LogP contribution in [0.25, 0.3) is 6.08 Å². The van der Waals surface area contributed by atoms with Crippen LogP contribution in [0.4, 0.5) is 0 Å². The number of thioether (sulfide) groups is 1. The van der Waals surface area contributed by atoms with Crippen LogP contribution in [0.3, 0.4) is 0 Å². The first-order valence-corrected chi connectivity index (χ1v) is 8.26. The maximum atomic E-state index is 11.5. The highest BCUT2D eigenvalue weighted by atomic mass is 32.2. The van der Waals surface area contributed by atoms with E-state index in [-0.39, 0.29) is 5.97 Å². The lowest BCUT2D eigenvalue weighted by Crippen LogP contribution is -2.35. The van der Waals surface area contributed by atoms with Crippen LogP contribution in [0.15, 0.2) is 65.8 Å². The van der Waals surface area contributed by atoms with Gasteiger partial charge in [0.25, 0.3) is 0 Å². The number of carbonyl (C=O) groups excluding carboxylic acids is 1. The largest absolute Gasteiger partial charge is 0.465 e. The summed E-state index contributed by atoms with van der Waals surface area (Å²) in [6.45, 7) is 3.01. The Bertz CT molecular complexity index is 626. The number of esters is 1. The number of hydrogen-bond acceptors (Lipinski definition) is 3. The zero-order chi connectivity index (χ0) is 15.6. The van der Waals surface area contributed by atoms with Gasteiger partial charge in [-0.1, -0.05) is 36.4 Å². The topological polar surface area (TPSA) is 30.2 Å². The van der Waals surface area contributed by atoms with Crippen molar-refractivity contribution in [3.8, 4) is 0 Å². The van der Waals surface area contributed by atoms with Crippen molar-refractivity contribution in [1.82, 2.24) is 0 Å². The first kappa shape index (κ1) is 16.3. The highest BCUT2D eigenvalue weighted by molar-refractivity contribution is 7.99. The summed E-state index contributed by atoms with van der Waals surface area (Å²) in [5.74, 6) is 0.156. The van der Waals surface area contributed by atoms with Crippen molar-refractivity contribution in [2.24, 2.45) is 0 Å². The number of hydrogen-bond donors (Lipinski definition) is 0. The van der Waals surface area contributed by atoms with Gasteiger partial charge in [-0.25, -0.2) is 0 Å². The Hall–Kier alpha value is -2.07. The summed E-state index contributed by atoms with van der Waals surface area (Å²) in [6.07, 6.45) is 6.23. The monoisotopic (exact) mass is 314 g/mol. The maximum absolute atomic E-state index is 11.5. The highest BCUT2D eigenvalue weighted by Gasteiger charge is 2.11. The number of aromatic nitrogens is 1. The molecule has 0 fully saturated rings. The third-order valence-corrected chi connectivity index (χ3v) is 4.00. The van der Waals surface area contributed by atoms with Crippen LogP contribution in [-0.2, 0) is 16.1 Å². The first-order chi connectivity index (χ1) is 10.8. The van der Waals surface area contributed by atoms with Gasteiger partial charge in [0.2, 0.25) is 5.03 Å². The summed E-state index contributed by atoms with van der Waals surface area (Å²) < 4.78 is 7.07. The fourth-order valence-corrected chi connectivity index (χ4v) is 2.77. The molecule has 0 saturated heterocycles. The second-order valence-electron chi connectivity index (χ2n) is 4.60. The molecule has 0 atom stereocenters. The summed E-state index contributed by atoms with van der Waals surface area (Å²) >= 11 is 1.50. The summed E-state index contributed by atoms with van der Waals surface area (Å²) in [4.78, 5) is 11.5. The van der Waals surface area contributed by atoms with E-state index in [0.717, 1.165) is 11.6 Å². The lowest BCUT2D eigenvalue weighted by molar-refractivity contribution is -0.723. The number of carbonyl (C=O) groups is 1. The molecule has 4 heteroatoms. The second kappa shape index (κ2) is 9.05. The zero-order valence-electron chi connectivity index (χ0n) is 12.6. The number of nitrogens with zero attached hydrogens (tertiary/aromatic N) is 1. The average Bonchev–Trinajstić information content (AvgIpc) is 2.55. The molecule has 1 aromatic carbocycles. The molecular weight excluding hydrogens is 294 g/mol. The van der Waals surface area contributed by atoms with Crippen molar-refractivity contribution in [1.29, 1.82) is 0 Å². The normalized spacial score (nSPS) is 10.8. The Kier molecular flexibility index (Phi) is 6.71. The predicted molar refractivity (Wildman–Crippen MR) is 89.5 cm³/mol. The summed E-state index contributed by atoms with van der Waals surface area (Å²) in [7, 11) is 0. The highest BCUT2D eigenvalue weighted by Crippen LogP contribution is 2.13. The third-order valence-electron chi connectivity index (χ3n) is 2.95. The molecule has 1 heterocycles. The van der Waals surface area contributed by atoms with Crippen molar-refractivity contribution in [3.63, 3.8) is 0 Å². The number of pyridine rings is 1. The van der Waals surface area contributed by atoms with E-state index in [0.29, 0.717) is 12.4 Å². The minimum Gasteiger partial charge on any atom is -0.465 e. The molecule has 0 spiro atoms. The summed E-state index contributed by atoms with van der Waals surface area (Å²) in [5.41, 5.74) is 1.18. The van der Waals surface area contributed by atoms with Gasteiger partial charge in [-0.05, 0) is 36.4 Å². The van der Waals surface area contributed by atoms with E-state index in [1.165, 1.54) is 17.3 Å². The van der Waals surface area contributed by atoms with Crippen LogP contribution in [0, 0.1) is 0 Å². The van der Waals surface area contributed by atoms with Gasteiger partial charge in [0.15, 0.2) is 12.7 Å². The van der Waals surface area contributed by atoms with Crippen LogP contribution < -0.4 is 4.57 Å². The average molecular weight is 314 g/mol. The Morgan fingerprint density at radius 3 is 2.73 bits per heavy atom. The quantitative estimate of drug-likeness (QED) is 0.446. The molecule has 0 amide bonds. The third kappa shape index (κ3) is 5.37. The number of allylic oxidation sites excluding steroid dienone is 1. The van der Waals surface area contributed by atoms with E-state index in [2.05, 4.69) is 28.9 Å². The van der Waals surface area contributed by atoms with Crippen LogP contribution in [0.2, 0.25) is 0 Å². The molecule has 0 radical (unpaired) electrons. The molecular formula is C18H20NO2S+. The van der Waals surface area contributed by atoms with Gasteiger partial charge in [0, 0.05) is 12.1 Å². The van der Waals surface area contributed by atoms with Crippen molar-refractivity contribution in [2.45, 2.75) is 18.5 Å². The number of rotatable bonds is 7. The summed E-state index contributed by atoms with van der Waals surface area (Å²) in [5, 5.41) is 1.05. The number of benzene rings is 1. The molecule has 114 valence electrons. The van der Waals surface area contributed by atoms with E-state index in [1.807, 2.05) is 49.5 Å². The molecule has 2 aromatic rings. The van der Waals surface area contributed by atoms with Gasteiger partial charge in [-0.3, -0.25) is 4.79 Å². The number of ether oxygens (including phenoxy) is 1. The van der Waals surface area contributed by atoms with Crippen LogP contribution in [0.5, 0.6) is 0 Å². The van der Waals surface area contributed by atoms with E-state index < -0.39 is 0 Å². The Labute approximate surface area is 135 Å². The Balaban J connectivity index is 1.96. The second-order valence-corrected chi connectivity index (χ2v) is 5.59. The van der Waals surface area contributed by atoms with Gasteiger partial charge in [0.05, 0.1) is 6.61 Å². The van der Waals surface area contributed by atoms with Gasteiger partial charge >= 0.3 is 5.97 Å². The van der Waals surface area contributed by atoms with E-state index in [4.69, 9.17) is 4.74 Å². The molecule has 22 heavy (non-hydrogen) atoms. The molecule has 0 saturated carbocycles. The molecule has 3 nitrogen and oxygen atoms in total.